The molecule has 0 aliphatic heterocycles. The highest BCUT2D eigenvalue weighted by molar-refractivity contribution is 6.25. The van der Waals surface area contributed by atoms with E-state index in [0.717, 1.165) is 0 Å². The Hall–Kier alpha value is -4.22. The van der Waals surface area contributed by atoms with E-state index in [0.29, 0.717) is 28.1 Å². The summed E-state index contributed by atoms with van der Waals surface area (Å²) in [5.74, 6) is -8.23. The van der Waals surface area contributed by atoms with Crippen LogP contribution in [-0.4, -0.2) is 69.6 Å². The number of Topliss-reactive ketones (excluding diaryl/α,β-unsaturated/α-hetero) is 2. The van der Waals surface area contributed by atoms with Crippen molar-refractivity contribution in [1.82, 2.24) is 0 Å². The van der Waals surface area contributed by atoms with Gasteiger partial charge in [0.05, 0.1) is 11.7 Å². The molecule has 0 bridgehead atoms. The zero-order chi connectivity index (χ0) is 32.6. The number of hydrogen-bond acceptors (Lipinski definition) is 9. The second-order valence-electron chi connectivity index (χ2n) is 13.1. The molecule has 44 heavy (non-hydrogen) atoms. The van der Waals surface area contributed by atoms with Crippen molar-refractivity contribution in [2.75, 3.05) is 24.3 Å². The van der Waals surface area contributed by atoms with Gasteiger partial charge in [0, 0.05) is 48.9 Å². The zero-order valence-electron chi connectivity index (χ0n) is 25.6. The van der Waals surface area contributed by atoms with Crippen molar-refractivity contribution in [1.29, 1.82) is 0 Å². The van der Waals surface area contributed by atoms with Crippen LogP contribution in [0.5, 0.6) is 5.75 Å². The zero-order valence-corrected chi connectivity index (χ0v) is 25.6. The molecule has 0 heterocycles. The molecule has 0 saturated heterocycles. The van der Waals surface area contributed by atoms with Gasteiger partial charge in [-0.15, -0.1) is 0 Å². The first kappa shape index (κ1) is 31.2. The molecule has 11 heteroatoms. The van der Waals surface area contributed by atoms with Crippen molar-refractivity contribution in [2.45, 2.75) is 52.2 Å². The molecule has 0 spiro atoms. The molecule has 3 aliphatic carbocycles. The average Bonchev–Trinajstić information content (AvgIpc) is 2.90. The molecule has 0 radical (unpaired) electrons. The quantitative estimate of drug-likeness (QED) is 0.278. The van der Waals surface area contributed by atoms with Crippen molar-refractivity contribution >= 4 is 40.5 Å². The number of carbonyl (C=O) groups excluding carboxylic acids is 4. The van der Waals surface area contributed by atoms with Crippen LogP contribution in [0.1, 0.15) is 45.2 Å². The van der Waals surface area contributed by atoms with Crippen molar-refractivity contribution < 1.29 is 39.6 Å². The average molecular weight is 606 g/mol. The number of benzene rings is 2. The summed E-state index contributed by atoms with van der Waals surface area (Å²) in [6.45, 7) is 6.51. The van der Waals surface area contributed by atoms with Gasteiger partial charge in [-0.05, 0) is 59.9 Å². The van der Waals surface area contributed by atoms with Gasteiger partial charge in [0.15, 0.2) is 11.4 Å². The molecule has 2 fully saturated rings. The molecule has 7 N–H and O–H groups in total. The van der Waals surface area contributed by atoms with Crippen LogP contribution >= 0.6 is 0 Å². The monoisotopic (exact) mass is 605 g/mol. The Morgan fingerprint density at radius 1 is 1.14 bits per heavy atom. The number of nitrogens with two attached hydrogens (primary N) is 1. The normalized spacial score (nSPS) is 29.6. The number of phenols is 1. The van der Waals surface area contributed by atoms with Gasteiger partial charge in [-0.25, -0.2) is 0 Å². The number of anilines is 2. The molecule has 3 aliphatic rings. The Morgan fingerprint density at radius 3 is 2.36 bits per heavy atom. The number of aliphatic hydroxyl groups excluding tert-OH is 2. The summed E-state index contributed by atoms with van der Waals surface area (Å²) in [6.07, 6.45) is -1.28. The first-order valence-corrected chi connectivity index (χ1v) is 14.6. The van der Waals surface area contributed by atoms with Gasteiger partial charge in [-0.3, -0.25) is 19.2 Å². The van der Waals surface area contributed by atoms with E-state index in [1.165, 1.54) is 6.92 Å². The second kappa shape index (κ2) is 10.4. The summed E-state index contributed by atoms with van der Waals surface area (Å²) in [4.78, 5) is 54.0. The van der Waals surface area contributed by atoms with Crippen LogP contribution in [0.4, 0.5) is 11.4 Å². The van der Waals surface area contributed by atoms with E-state index in [2.05, 4.69) is 5.32 Å². The van der Waals surface area contributed by atoms with Gasteiger partial charge in [0.1, 0.15) is 17.4 Å². The maximum absolute atomic E-state index is 14.4. The maximum atomic E-state index is 14.4. The lowest BCUT2D eigenvalue weighted by atomic mass is 9.44. The number of fused-ring (bicyclic) bond motifs is 3. The van der Waals surface area contributed by atoms with Gasteiger partial charge in [-0.2, -0.15) is 0 Å². The summed E-state index contributed by atoms with van der Waals surface area (Å²) in [7, 11) is 3.61. The SMILES string of the molecule is CC(=O)Nc1cccc(-c2cc(N(C)C)c3c(c2O)C(O)=C2C(=O)[C@]4(O)C(=O)C(C(N)=O)C(O)C(C(C)C)[C@]4(C)C[C@@H]2C3)c1. The number of carbonyl (C=O) groups is 4. The lowest BCUT2D eigenvalue weighted by Crippen LogP contribution is -2.75. The molecular formula is C33H39N3O8. The van der Waals surface area contributed by atoms with Crippen LogP contribution in [0.2, 0.25) is 0 Å². The van der Waals surface area contributed by atoms with E-state index in [4.69, 9.17) is 5.73 Å². The smallest absolute Gasteiger partial charge is 0.230 e. The van der Waals surface area contributed by atoms with Gasteiger partial charge >= 0.3 is 0 Å². The minimum absolute atomic E-state index is 0.00177. The van der Waals surface area contributed by atoms with E-state index in [-0.39, 0.29) is 41.6 Å². The Morgan fingerprint density at radius 2 is 1.80 bits per heavy atom. The number of aromatic hydroxyl groups is 1. The van der Waals surface area contributed by atoms with Crippen molar-refractivity contribution in [3.63, 3.8) is 0 Å². The van der Waals surface area contributed by atoms with Crippen LogP contribution in [0.3, 0.4) is 0 Å². The van der Waals surface area contributed by atoms with Gasteiger partial charge in [0.2, 0.25) is 17.6 Å². The molecule has 2 saturated carbocycles. The van der Waals surface area contributed by atoms with E-state index < -0.39 is 58.1 Å². The van der Waals surface area contributed by atoms with Crippen LogP contribution < -0.4 is 16.0 Å². The number of rotatable bonds is 5. The van der Waals surface area contributed by atoms with E-state index in [1.807, 2.05) is 19.0 Å². The van der Waals surface area contributed by atoms with E-state index in [9.17, 15) is 39.6 Å². The van der Waals surface area contributed by atoms with Crippen LogP contribution in [0, 0.1) is 29.1 Å². The van der Waals surface area contributed by atoms with Crippen LogP contribution in [0.25, 0.3) is 16.9 Å². The van der Waals surface area contributed by atoms with Gasteiger partial charge < -0.3 is 36.4 Å². The van der Waals surface area contributed by atoms with Gasteiger partial charge in [-0.1, -0.05) is 32.9 Å². The first-order valence-electron chi connectivity index (χ1n) is 14.6. The van der Waals surface area contributed by atoms with Gasteiger partial charge in [0.25, 0.3) is 0 Å². The maximum Gasteiger partial charge on any atom is 0.230 e. The molecule has 11 nitrogen and oxygen atoms in total. The third-order valence-electron chi connectivity index (χ3n) is 9.89. The Kier molecular flexibility index (Phi) is 7.41. The summed E-state index contributed by atoms with van der Waals surface area (Å²) < 4.78 is 0. The first-order chi connectivity index (χ1) is 20.5. The van der Waals surface area contributed by atoms with E-state index >= 15 is 0 Å². The number of amides is 2. The molecule has 5 rings (SSSR count). The molecular weight excluding hydrogens is 566 g/mol. The third kappa shape index (κ3) is 4.24. The third-order valence-corrected chi connectivity index (χ3v) is 9.89. The number of nitrogens with zero attached hydrogens (tertiary/aromatic N) is 1. The molecule has 6 atom stereocenters. The number of primary amides is 1. The minimum atomic E-state index is -2.75. The van der Waals surface area contributed by atoms with Crippen LogP contribution in [-0.2, 0) is 25.6 Å². The fourth-order valence-corrected chi connectivity index (χ4v) is 8.17. The largest absolute Gasteiger partial charge is 0.507 e. The Bertz CT molecular complexity index is 1650. The topological polar surface area (TPSA) is 190 Å². The fourth-order valence-electron chi connectivity index (χ4n) is 8.17. The number of phenolic OH excluding ortho intramolecular Hbond substituents is 1. The molecule has 3 unspecified atom stereocenters. The molecule has 2 amide bonds. The summed E-state index contributed by atoms with van der Waals surface area (Å²) in [6, 6.07) is 8.56. The minimum Gasteiger partial charge on any atom is -0.507 e. The predicted octanol–water partition coefficient (Wildman–Crippen LogP) is 2.55. The lowest BCUT2D eigenvalue weighted by Gasteiger charge is -2.60. The number of aliphatic hydroxyl groups is 3. The van der Waals surface area contributed by atoms with E-state index in [1.54, 1.807) is 51.1 Å². The second-order valence-corrected chi connectivity index (χ2v) is 13.1. The summed E-state index contributed by atoms with van der Waals surface area (Å²) >= 11 is 0. The standard InChI is InChI=1S/C33H39N3O8/c1-14(2)25-28(40)24(31(34)43)30(42)33(44)29(41)22-17(13-32(25,33)4)11-20-21(36(5)6)12-19(26(38)23(20)27(22)39)16-8-7-9-18(10-16)35-15(3)37/h7-10,12,14,17,24-25,28,38-40,44H,11,13H2,1-6H3,(H2,34,43)(H,35,37)/t17-,24?,25?,28?,32-,33-/m0/s1. The highest BCUT2D eigenvalue weighted by Gasteiger charge is 2.73. The lowest BCUT2D eigenvalue weighted by molar-refractivity contribution is -0.208. The van der Waals surface area contributed by atoms with Crippen molar-refractivity contribution in [3.8, 4) is 16.9 Å². The highest BCUT2D eigenvalue weighted by Crippen LogP contribution is 2.61. The van der Waals surface area contributed by atoms with Crippen LogP contribution in [0.15, 0.2) is 35.9 Å². The molecule has 0 aromatic heterocycles. The number of nitrogens with one attached hydrogen (secondary N) is 1. The molecule has 2 aromatic rings. The van der Waals surface area contributed by atoms with Crippen molar-refractivity contribution in [2.24, 2.45) is 34.8 Å². The highest BCUT2D eigenvalue weighted by atomic mass is 16.3. The number of hydrogen-bond donors (Lipinski definition) is 6. The Balaban J connectivity index is 1.75. The van der Waals surface area contributed by atoms with Crippen molar-refractivity contribution in [3.05, 3.63) is 47.0 Å². The Labute approximate surface area is 255 Å². The predicted molar refractivity (Wildman–Crippen MR) is 164 cm³/mol. The fraction of sp³-hybridized carbons (Fsp3) is 0.455. The summed E-state index contributed by atoms with van der Waals surface area (Å²) in [5, 5.41) is 49.5. The molecule has 2 aromatic carbocycles. The summed E-state index contributed by atoms with van der Waals surface area (Å²) in [5.41, 5.74) is 3.64. The molecule has 234 valence electrons. The number of ketones is 2.